The fourth-order valence-electron chi connectivity index (χ4n) is 2.01. The summed E-state index contributed by atoms with van der Waals surface area (Å²) >= 11 is 3.42. The van der Waals surface area contributed by atoms with Crippen LogP contribution < -0.4 is 4.72 Å². The summed E-state index contributed by atoms with van der Waals surface area (Å²) in [5, 5.41) is 0.844. The number of nitrogens with one attached hydrogen (secondary N) is 1. The van der Waals surface area contributed by atoms with E-state index in [1.165, 1.54) is 18.5 Å². The van der Waals surface area contributed by atoms with Crippen molar-refractivity contribution in [1.29, 1.82) is 0 Å². The van der Waals surface area contributed by atoms with Gasteiger partial charge in [-0.1, -0.05) is 12.1 Å². The number of benzene rings is 1. The molecule has 0 saturated carbocycles. The van der Waals surface area contributed by atoms with E-state index in [-0.39, 0.29) is 4.90 Å². The molecule has 0 aliphatic rings. The summed E-state index contributed by atoms with van der Waals surface area (Å²) in [6, 6.07) is 10.6. The molecule has 3 rings (SSSR count). The van der Waals surface area contributed by atoms with Gasteiger partial charge in [-0.15, -0.1) is 0 Å². The standard InChI is InChI=1S/C15H12BrN3O2S/c1-10-5-6-13(9-17-10)22(20,21)19-12-7-11-3-2-4-14(16)15(11)18-8-12/h2-9,19H,1H3. The Morgan fingerprint density at radius 1 is 1.09 bits per heavy atom. The van der Waals surface area contributed by atoms with Gasteiger partial charge >= 0.3 is 0 Å². The normalized spacial score (nSPS) is 11.5. The number of anilines is 1. The third kappa shape index (κ3) is 2.95. The van der Waals surface area contributed by atoms with Gasteiger partial charge in [-0.05, 0) is 47.1 Å². The van der Waals surface area contributed by atoms with Crippen LogP contribution in [0.4, 0.5) is 5.69 Å². The molecule has 7 heteroatoms. The van der Waals surface area contributed by atoms with E-state index in [0.29, 0.717) is 5.69 Å². The lowest BCUT2D eigenvalue weighted by atomic mass is 10.2. The van der Waals surface area contributed by atoms with Crippen LogP contribution in [0.2, 0.25) is 0 Å². The Kier molecular flexibility index (Phi) is 3.84. The van der Waals surface area contributed by atoms with E-state index in [1.807, 2.05) is 18.2 Å². The number of aryl methyl sites for hydroxylation is 1. The number of para-hydroxylation sites is 1. The number of sulfonamides is 1. The summed E-state index contributed by atoms with van der Waals surface area (Å²) in [7, 11) is -3.67. The van der Waals surface area contributed by atoms with Crippen LogP contribution in [0.5, 0.6) is 0 Å². The van der Waals surface area contributed by atoms with Crippen molar-refractivity contribution in [3.63, 3.8) is 0 Å². The van der Waals surface area contributed by atoms with Gasteiger partial charge in [0, 0.05) is 21.7 Å². The molecule has 0 atom stereocenters. The molecule has 0 amide bonds. The van der Waals surface area contributed by atoms with E-state index >= 15 is 0 Å². The van der Waals surface area contributed by atoms with Crippen molar-refractivity contribution < 1.29 is 8.42 Å². The first-order valence-corrected chi connectivity index (χ1v) is 8.73. The lowest BCUT2D eigenvalue weighted by molar-refractivity contribution is 0.600. The number of fused-ring (bicyclic) bond motifs is 1. The van der Waals surface area contributed by atoms with Crippen LogP contribution in [0.15, 0.2) is 58.2 Å². The first-order chi connectivity index (χ1) is 10.5. The van der Waals surface area contributed by atoms with Crippen molar-refractivity contribution in [2.75, 3.05) is 4.72 Å². The predicted molar refractivity (Wildman–Crippen MR) is 89.2 cm³/mol. The summed E-state index contributed by atoms with van der Waals surface area (Å²) in [5.41, 5.74) is 1.95. The van der Waals surface area contributed by atoms with E-state index in [1.54, 1.807) is 19.1 Å². The Labute approximate surface area is 136 Å². The summed E-state index contributed by atoms with van der Waals surface area (Å²) in [6.07, 6.45) is 2.83. The zero-order valence-electron chi connectivity index (χ0n) is 11.6. The van der Waals surface area contributed by atoms with Crippen molar-refractivity contribution in [1.82, 2.24) is 9.97 Å². The summed E-state index contributed by atoms with van der Waals surface area (Å²) in [4.78, 5) is 8.41. The SMILES string of the molecule is Cc1ccc(S(=O)(=O)Nc2cnc3c(Br)cccc3c2)cn1. The van der Waals surface area contributed by atoms with Gasteiger partial charge in [0.1, 0.15) is 4.90 Å². The first-order valence-electron chi connectivity index (χ1n) is 6.45. The fraction of sp³-hybridized carbons (Fsp3) is 0.0667. The lowest BCUT2D eigenvalue weighted by Crippen LogP contribution is -2.13. The molecule has 112 valence electrons. The maximum absolute atomic E-state index is 12.3. The maximum atomic E-state index is 12.3. The smallest absolute Gasteiger partial charge is 0.263 e. The third-order valence-electron chi connectivity index (χ3n) is 3.11. The molecule has 0 spiro atoms. The van der Waals surface area contributed by atoms with Crippen molar-refractivity contribution in [3.05, 3.63) is 59.0 Å². The Hall–Kier alpha value is -1.99. The average molecular weight is 378 g/mol. The van der Waals surface area contributed by atoms with Gasteiger partial charge in [-0.3, -0.25) is 14.7 Å². The molecule has 0 fully saturated rings. The zero-order valence-corrected chi connectivity index (χ0v) is 14.0. The van der Waals surface area contributed by atoms with Crippen LogP contribution >= 0.6 is 15.9 Å². The molecule has 1 N–H and O–H groups in total. The van der Waals surface area contributed by atoms with Crippen molar-refractivity contribution in [3.8, 4) is 0 Å². The Bertz CT molecular complexity index is 941. The molecular weight excluding hydrogens is 366 g/mol. The van der Waals surface area contributed by atoms with Crippen molar-refractivity contribution >= 4 is 42.5 Å². The highest BCUT2D eigenvalue weighted by Crippen LogP contribution is 2.25. The van der Waals surface area contributed by atoms with Crippen LogP contribution in [0.25, 0.3) is 10.9 Å². The number of hydrogen-bond donors (Lipinski definition) is 1. The molecule has 0 bridgehead atoms. The molecular formula is C15H12BrN3O2S. The van der Waals surface area contributed by atoms with E-state index in [0.717, 1.165) is 21.1 Å². The molecule has 22 heavy (non-hydrogen) atoms. The van der Waals surface area contributed by atoms with Crippen LogP contribution in [-0.2, 0) is 10.0 Å². The van der Waals surface area contributed by atoms with Crippen LogP contribution in [-0.4, -0.2) is 18.4 Å². The second-order valence-electron chi connectivity index (χ2n) is 4.78. The average Bonchev–Trinajstić information content (AvgIpc) is 2.47. The molecule has 0 unspecified atom stereocenters. The Morgan fingerprint density at radius 3 is 2.64 bits per heavy atom. The van der Waals surface area contributed by atoms with Gasteiger partial charge in [-0.25, -0.2) is 8.42 Å². The summed E-state index contributed by atoms with van der Waals surface area (Å²) in [6.45, 7) is 1.80. The van der Waals surface area contributed by atoms with Crippen molar-refractivity contribution in [2.24, 2.45) is 0 Å². The molecule has 2 aromatic heterocycles. The molecule has 0 saturated heterocycles. The zero-order chi connectivity index (χ0) is 15.7. The number of rotatable bonds is 3. The molecule has 0 radical (unpaired) electrons. The van der Waals surface area contributed by atoms with Gasteiger partial charge in [-0.2, -0.15) is 0 Å². The topological polar surface area (TPSA) is 72.0 Å². The summed E-state index contributed by atoms with van der Waals surface area (Å²) < 4.78 is 28.0. The minimum Gasteiger partial charge on any atom is -0.278 e. The number of aromatic nitrogens is 2. The predicted octanol–water partition coefficient (Wildman–Crippen LogP) is 3.50. The van der Waals surface area contributed by atoms with Crippen LogP contribution in [0.1, 0.15) is 5.69 Å². The van der Waals surface area contributed by atoms with Gasteiger partial charge < -0.3 is 0 Å². The number of pyridine rings is 2. The van der Waals surface area contributed by atoms with E-state index in [2.05, 4.69) is 30.6 Å². The highest BCUT2D eigenvalue weighted by atomic mass is 79.9. The fourth-order valence-corrected chi connectivity index (χ4v) is 3.47. The number of hydrogen-bond acceptors (Lipinski definition) is 4. The monoisotopic (exact) mass is 377 g/mol. The third-order valence-corrected chi connectivity index (χ3v) is 5.11. The van der Waals surface area contributed by atoms with Gasteiger partial charge in [0.2, 0.25) is 0 Å². The lowest BCUT2D eigenvalue weighted by Gasteiger charge is -2.09. The van der Waals surface area contributed by atoms with Gasteiger partial charge in [0.25, 0.3) is 10.0 Å². The van der Waals surface area contributed by atoms with E-state index < -0.39 is 10.0 Å². The second-order valence-corrected chi connectivity index (χ2v) is 7.31. The largest absolute Gasteiger partial charge is 0.278 e. The second kappa shape index (κ2) is 5.66. The highest BCUT2D eigenvalue weighted by Gasteiger charge is 2.15. The highest BCUT2D eigenvalue weighted by molar-refractivity contribution is 9.10. The van der Waals surface area contributed by atoms with E-state index in [9.17, 15) is 8.42 Å². The summed E-state index contributed by atoms with van der Waals surface area (Å²) in [5.74, 6) is 0. The minimum absolute atomic E-state index is 0.118. The van der Waals surface area contributed by atoms with Crippen LogP contribution in [0.3, 0.4) is 0 Å². The first kappa shape index (κ1) is 14.9. The maximum Gasteiger partial charge on any atom is 0.263 e. The molecule has 2 heterocycles. The number of halogens is 1. The van der Waals surface area contributed by atoms with E-state index in [4.69, 9.17) is 0 Å². The number of nitrogens with zero attached hydrogens (tertiary/aromatic N) is 2. The molecule has 0 aliphatic heterocycles. The molecule has 0 aliphatic carbocycles. The molecule has 3 aromatic rings. The quantitative estimate of drug-likeness (QED) is 0.757. The Morgan fingerprint density at radius 2 is 1.91 bits per heavy atom. The minimum atomic E-state index is -3.67. The molecule has 1 aromatic carbocycles. The van der Waals surface area contributed by atoms with Crippen molar-refractivity contribution in [2.45, 2.75) is 11.8 Å². The molecule has 5 nitrogen and oxygen atoms in total. The van der Waals surface area contributed by atoms with Gasteiger partial charge in [0.15, 0.2) is 0 Å². The Balaban J connectivity index is 1.97. The van der Waals surface area contributed by atoms with Crippen LogP contribution in [0, 0.1) is 6.92 Å². The van der Waals surface area contributed by atoms with Gasteiger partial charge in [0.05, 0.1) is 17.4 Å².